The second-order valence-electron chi connectivity index (χ2n) is 4.40. The lowest BCUT2D eigenvalue weighted by Crippen LogP contribution is -2.02. The van der Waals surface area contributed by atoms with E-state index in [1.165, 1.54) is 13.8 Å². The summed E-state index contributed by atoms with van der Waals surface area (Å²) in [5.74, 6) is -0.0122. The predicted octanol–water partition coefficient (Wildman–Crippen LogP) is 2.70. The van der Waals surface area contributed by atoms with E-state index in [0.717, 1.165) is 0 Å². The Labute approximate surface area is 130 Å². The molecule has 2 aromatic carbocycles. The topological polar surface area (TPSA) is 69.7 Å². The molecule has 114 valence electrons. The summed E-state index contributed by atoms with van der Waals surface area (Å²) in [6, 6.07) is 12.9. The number of hydrogen-bond donors (Lipinski definition) is 0. The van der Waals surface area contributed by atoms with Crippen LogP contribution in [-0.2, 0) is 20.4 Å². The minimum absolute atomic E-state index is 0.401. The van der Waals surface area contributed by atoms with Gasteiger partial charge in [-0.3, -0.25) is 9.59 Å². The molecule has 0 N–H and O–H groups in total. The molecular formula is C16H14O5S. The average Bonchev–Trinajstić information content (AvgIpc) is 2.47. The monoisotopic (exact) mass is 318 g/mol. The summed E-state index contributed by atoms with van der Waals surface area (Å²) in [6.45, 7) is 2.63. The molecule has 22 heavy (non-hydrogen) atoms. The molecule has 0 bridgehead atoms. The van der Waals surface area contributed by atoms with E-state index in [4.69, 9.17) is 9.47 Å². The summed E-state index contributed by atoms with van der Waals surface area (Å²) >= 11 is 0. The van der Waals surface area contributed by atoms with Crippen LogP contribution in [-0.4, -0.2) is 16.1 Å². The second kappa shape index (κ2) is 7.00. The van der Waals surface area contributed by atoms with Gasteiger partial charge in [0.05, 0.1) is 10.8 Å². The predicted molar refractivity (Wildman–Crippen MR) is 80.2 cm³/mol. The number of carbonyl (C=O) groups is 2. The molecule has 0 aliphatic heterocycles. The van der Waals surface area contributed by atoms with Crippen LogP contribution in [0.4, 0.5) is 0 Å². The maximum atomic E-state index is 12.4. The summed E-state index contributed by atoms with van der Waals surface area (Å²) in [6.07, 6.45) is 0. The number of rotatable bonds is 4. The smallest absolute Gasteiger partial charge is 0.308 e. The van der Waals surface area contributed by atoms with Crippen molar-refractivity contribution in [2.24, 2.45) is 0 Å². The average molecular weight is 318 g/mol. The Balaban J connectivity index is 2.13. The Bertz CT molecular complexity index is 643. The van der Waals surface area contributed by atoms with Gasteiger partial charge in [-0.1, -0.05) is 0 Å². The van der Waals surface area contributed by atoms with E-state index in [-0.39, 0.29) is 0 Å². The number of carbonyl (C=O) groups excluding carboxylic acids is 2. The van der Waals surface area contributed by atoms with Gasteiger partial charge in [0.2, 0.25) is 0 Å². The Morgan fingerprint density at radius 1 is 0.727 bits per heavy atom. The van der Waals surface area contributed by atoms with E-state index >= 15 is 0 Å². The molecule has 0 atom stereocenters. The lowest BCUT2D eigenvalue weighted by molar-refractivity contribution is -0.132. The molecule has 0 unspecified atom stereocenters. The zero-order valence-corrected chi connectivity index (χ0v) is 12.9. The normalized spacial score (nSPS) is 10.3. The quantitative estimate of drug-likeness (QED) is 0.640. The third kappa shape index (κ3) is 4.26. The summed E-state index contributed by atoms with van der Waals surface area (Å²) in [5, 5.41) is 0. The highest BCUT2D eigenvalue weighted by Crippen LogP contribution is 2.22. The van der Waals surface area contributed by atoms with Gasteiger partial charge in [0.25, 0.3) is 0 Å². The standard InChI is InChI=1S/C16H14O5S/c1-11(17)20-13-3-7-15(8-4-13)22(19)16-9-5-14(6-10-16)21-12(2)18/h3-10H,1-2H3. The highest BCUT2D eigenvalue weighted by atomic mass is 32.2. The van der Waals surface area contributed by atoms with Crippen LogP contribution in [0.25, 0.3) is 0 Å². The molecule has 6 heteroatoms. The first-order valence-electron chi connectivity index (χ1n) is 6.44. The van der Waals surface area contributed by atoms with Crippen LogP contribution in [0.5, 0.6) is 11.5 Å². The molecule has 0 aliphatic carbocycles. The van der Waals surface area contributed by atoms with Gasteiger partial charge in [0.15, 0.2) is 0 Å². The van der Waals surface area contributed by atoms with Crippen LogP contribution in [0.3, 0.4) is 0 Å². The van der Waals surface area contributed by atoms with Gasteiger partial charge < -0.3 is 9.47 Å². The van der Waals surface area contributed by atoms with Crippen molar-refractivity contribution < 1.29 is 23.3 Å². The van der Waals surface area contributed by atoms with Gasteiger partial charge in [-0.2, -0.15) is 0 Å². The van der Waals surface area contributed by atoms with Crippen LogP contribution in [0.15, 0.2) is 58.3 Å². The van der Waals surface area contributed by atoms with Gasteiger partial charge in [0, 0.05) is 23.6 Å². The largest absolute Gasteiger partial charge is 0.427 e. The van der Waals surface area contributed by atoms with E-state index in [2.05, 4.69) is 0 Å². The van der Waals surface area contributed by atoms with E-state index in [0.29, 0.717) is 21.3 Å². The minimum Gasteiger partial charge on any atom is -0.427 e. The molecule has 0 saturated carbocycles. The Morgan fingerprint density at radius 3 is 1.32 bits per heavy atom. The van der Waals surface area contributed by atoms with Crippen molar-refractivity contribution in [1.29, 1.82) is 0 Å². The van der Waals surface area contributed by atoms with Crippen molar-refractivity contribution in [1.82, 2.24) is 0 Å². The van der Waals surface area contributed by atoms with Gasteiger partial charge in [-0.25, -0.2) is 4.21 Å². The van der Waals surface area contributed by atoms with Crippen molar-refractivity contribution in [2.45, 2.75) is 23.6 Å². The van der Waals surface area contributed by atoms with Crippen molar-refractivity contribution in [3.63, 3.8) is 0 Å². The highest BCUT2D eigenvalue weighted by molar-refractivity contribution is 7.85. The molecule has 0 fully saturated rings. The zero-order valence-electron chi connectivity index (χ0n) is 12.1. The van der Waals surface area contributed by atoms with Crippen molar-refractivity contribution in [2.75, 3.05) is 0 Å². The van der Waals surface area contributed by atoms with Crippen molar-refractivity contribution in [3.05, 3.63) is 48.5 Å². The van der Waals surface area contributed by atoms with Crippen LogP contribution in [0.2, 0.25) is 0 Å². The van der Waals surface area contributed by atoms with Crippen LogP contribution >= 0.6 is 0 Å². The number of ether oxygens (including phenoxy) is 2. The first-order valence-corrected chi connectivity index (χ1v) is 7.59. The molecular weight excluding hydrogens is 304 g/mol. The molecule has 0 aromatic heterocycles. The SMILES string of the molecule is CC(=O)Oc1ccc(S(=O)c2ccc(OC(C)=O)cc2)cc1. The molecule has 5 nitrogen and oxygen atoms in total. The second-order valence-corrected chi connectivity index (χ2v) is 5.88. The van der Waals surface area contributed by atoms with E-state index in [1.807, 2.05) is 0 Å². The zero-order chi connectivity index (χ0) is 16.1. The molecule has 2 aromatic rings. The van der Waals surface area contributed by atoms with Crippen LogP contribution in [0, 0.1) is 0 Å². The van der Waals surface area contributed by atoms with Gasteiger partial charge in [-0.05, 0) is 48.5 Å². The van der Waals surface area contributed by atoms with E-state index in [9.17, 15) is 13.8 Å². The minimum atomic E-state index is -1.37. The first-order chi connectivity index (χ1) is 10.5. The Kier molecular flexibility index (Phi) is 5.06. The van der Waals surface area contributed by atoms with Gasteiger partial charge in [-0.15, -0.1) is 0 Å². The highest BCUT2D eigenvalue weighted by Gasteiger charge is 2.08. The van der Waals surface area contributed by atoms with Crippen molar-refractivity contribution in [3.8, 4) is 11.5 Å². The fourth-order valence-corrected chi connectivity index (χ4v) is 2.77. The Morgan fingerprint density at radius 2 is 1.05 bits per heavy atom. The summed E-state index contributed by atoms with van der Waals surface area (Å²) in [7, 11) is -1.37. The summed E-state index contributed by atoms with van der Waals surface area (Å²) in [4.78, 5) is 22.8. The summed E-state index contributed by atoms with van der Waals surface area (Å²) < 4.78 is 22.3. The molecule has 0 spiro atoms. The third-order valence-electron chi connectivity index (χ3n) is 2.60. The van der Waals surface area contributed by atoms with Crippen molar-refractivity contribution >= 4 is 22.7 Å². The van der Waals surface area contributed by atoms with Gasteiger partial charge in [0.1, 0.15) is 11.5 Å². The lowest BCUT2D eigenvalue weighted by Gasteiger charge is -2.06. The number of hydrogen-bond acceptors (Lipinski definition) is 5. The van der Waals surface area contributed by atoms with E-state index < -0.39 is 22.7 Å². The molecule has 0 radical (unpaired) electrons. The van der Waals surface area contributed by atoms with E-state index in [1.54, 1.807) is 48.5 Å². The van der Waals surface area contributed by atoms with Crippen LogP contribution in [0.1, 0.15) is 13.8 Å². The maximum absolute atomic E-state index is 12.4. The maximum Gasteiger partial charge on any atom is 0.308 e. The number of esters is 2. The molecule has 2 rings (SSSR count). The molecule has 0 aliphatic rings. The first kappa shape index (κ1) is 15.9. The molecule has 0 heterocycles. The van der Waals surface area contributed by atoms with Gasteiger partial charge >= 0.3 is 11.9 Å². The number of benzene rings is 2. The lowest BCUT2D eigenvalue weighted by atomic mass is 10.3. The molecule has 0 saturated heterocycles. The fraction of sp³-hybridized carbons (Fsp3) is 0.125. The van der Waals surface area contributed by atoms with Crippen LogP contribution < -0.4 is 9.47 Å². The fourth-order valence-electron chi connectivity index (χ4n) is 1.73. The summed E-state index contributed by atoms with van der Waals surface area (Å²) in [5.41, 5.74) is 0. The molecule has 0 amide bonds. The Hall–Kier alpha value is -2.47. The third-order valence-corrected chi connectivity index (χ3v) is 4.00.